The summed E-state index contributed by atoms with van der Waals surface area (Å²) in [5.41, 5.74) is 8.14. The number of nitrogens with two attached hydrogens (primary N) is 1. The minimum Gasteiger partial charge on any atom is -0.497 e. The van der Waals surface area contributed by atoms with Crippen molar-refractivity contribution in [1.29, 1.82) is 0 Å². The van der Waals surface area contributed by atoms with Gasteiger partial charge >= 0.3 is 0 Å². The summed E-state index contributed by atoms with van der Waals surface area (Å²) in [6.07, 6.45) is 1.49. The molecule has 0 aliphatic carbocycles. The number of methoxy groups -OCH3 is 1. The van der Waals surface area contributed by atoms with Gasteiger partial charge in [-0.05, 0) is 77.8 Å². The summed E-state index contributed by atoms with van der Waals surface area (Å²) in [6.45, 7) is 12.0. The Morgan fingerprint density at radius 2 is 1.72 bits per heavy atom. The molecule has 43 heavy (non-hydrogen) atoms. The lowest BCUT2D eigenvalue weighted by molar-refractivity contribution is -0.121. The lowest BCUT2D eigenvalue weighted by atomic mass is 10.00. The summed E-state index contributed by atoms with van der Waals surface area (Å²) in [5, 5.41) is 12.5. The lowest BCUT2D eigenvalue weighted by Crippen LogP contribution is -2.35. The number of aliphatic imine (C=N–C) groups is 1. The van der Waals surface area contributed by atoms with E-state index in [-0.39, 0.29) is 17.9 Å². The van der Waals surface area contributed by atoms with Gasteiger partial charge < -0.3 is 25.3 Å². The van der Waals surface area contributed by atoms with Gasteiger partial charge in [-0.2, -0.15) is 0 Å². The Kier molecular flexibility index (Phi) is 10.6. The number of aromatic nitrogens is 3. The highest BCUT2D eigenvalue weighted by molar-refractivity contribution is 6.30. The van der Waals surface area contributed by atoms with Crippen LogP contribution in [0.5, 0.6) is 5.75 Å². The Hall–Kier alpha value is -3.31. The topological polar surface area (TPSA) is 126 Å². The predicted molar refractivity (Wildman–Crippen MR) is 168 cm³/mol. The van der Waals surface area contributed by atoms with E-state index in [0.29, 0.717) is 55.1 Å². The molecule has 0 saturated carbocycles. The van der Waals surface area contributed by atoms with Crippen molar-refractivity contribution in [2.75, 3.05) is 33.4 Å². The number of fused-ring (bicyclic) bond motifs is 3. The van der Waals surface area contributed by atoms with Crippen molar-refractivity contribution in [2.24, 2.45) is 10.7 Å². The number of aryl methyl sites for hydroxylation is 1. The van der Waals surface area contributed by atoms with Crippen molar-refractivity contribution in [3.63, 3.8) is 0 Å². The van der Waals surface area contributed by atoms with E-state index >= 15 is 0 Å². The standard InChI is InChI=1S/C32H43ClN6O4/c1-21-37-38-30-26(20-28(40)35-16-13-31(2,3)42-17-14-32(4,5)43-18-15-34)36-29(22-7-9-23(33)10-8-22)25-19-24(41-6)11-12-27(25)39(21)30/h7-12,19,26H,13-18,20,34H2,1-6H3,(H,35,40)/t26-/m0/s1. The number of nitrogens with zero attached hydrogens (tertiary/aromatic N) is 4. The zero-order valence-electron chi connectivity index (χ0n) is 25.9. The molecule has 0 bridgehead atoms. The largest absolute Gasteiger partial charge is 0.497 e. The molecule has 0 fully saturated rings. The van der Waals surface area contributed by atoms with E-state index in [1.807, 2.05) is 81.7 Å². The number of amides is 1. The second-order valence-electron chi connectivity index (χ2n) is 11.9. The summed E-state index contributed by atoms with van der Waals surface area (Å²) >= 11 is 6.20. The Morgan fingerprint density at radius 1 is 1.02 bits per heavy atom. The number of hydrogen-bond donors (Lipinski definition) is 2. The predicted octanol–water partition coefficient (Wildman–Crippen LogP) is 4.97. The van der Waals surface area contributed by atoms with Crippen LogP contribution >= 0.6 is 11.6 Å². The Balaban J connectivity index is 1.49. The molecule has 11 heteroatoms. The van der Waals surface area contributed by atoms with E-state index in [1.165, 1.54) is 0 Å². The van der Waals surface area contributed by atoms with Crippen molar-refractivity contribution in [2.45, 2.75) is 71.1 Å². The average Bonchev–Trinajstić information content (AvgIpc) is 3.28. The summed E-state index contributed by atoms with van der Waals surface area (Å²) in [7, 11) is 1.63. The Labute approximate surface area is 259 Å². The van der Waals surface area contributed by atoms with Crippen LogP contribution in [0.4, 0.5) is 0 Å². The molecule has 2 heterocycles. The smallest absolute Gasteiger partial charge is 0.222 e. The molecule has 1 atom stereocenters. The molecular weight excluding hydrogens is 568 g/mol. The van der Waals surface area contributed by atoms with E-state index in [1.54, 1.807) is 7.11 Å². The maximum atomic E-state index is 13.3. The molecule has 232 valence electrons. The molecule has 10 nitrogen and oxygen atoms in total. The third kappa shape index (κ3) is 8.41. The van der Waals surface area contributed by atoms with Crippen molar-refractivity contribution in [3.8, 4) is 11.4 Å². The Morgan fingerprint density at radius 3 is 2.42 bits per heavy atom. The second-order valence-corrected chi connectivity index (χ2v) is 12.3. The van der Waals surface area contributed by atoms with Crippen LogP contribution in [-0.4, -0.2) is 71.0 Å². The first-order valence-electron chi connectivity index (χ1n) is 14.6. The van der Waals surface area contributed by atoms with Gasteiger partial charge in [0.05, 0.1) is 49.3 Å². The van der Waals surface area contributed by atoms with Crippen molar-refractivity contribution in [1.82, 2.24) is 20.1 Å². The highest BCUT2D eigenvalue weighted by Gasteiger charge is 2.30. The number of halogens is 1. The molecule has 1 aromatic heterocycles. The monoisotopic (exact) mass is 610 g/mol. The molecule has 1 aliphatic heterocycles. The van der Waals surface area contributed by atoms with Gasteiger partial charge in [-0.3, -0.25) is 14.4 Å². The average molecular weight is 611 g/mol. The van der Waals surface area contributed by atoms with E-state index in [0.717, 1.165) is 28.9 Å². The van der Waals surface area contributed by atoms with Crippen LogP contribution in [0, 0.1) is 6.92 Å². The minimum atomic E-state index is -0.565. The van der Waals surface area contributed by atoms with Crippen LogP contribution in [0.15, 0.2) is 47.5 Å². The Bertz CT molecular complexity index is 1430. The first-order chi connectivity index (χ1) is 20.4. The number of hydrogen-bond acceptors (Lipinski definition) is 8. The molecular formula is C32H43ClN6O4. The second kappa shape index (κ2) is 14.0. The molecule has 0 spiro atoms. The van der Waals surface area contributed by atoms with Crippen LogP contribution in [-0.2, 0) is 14.3 Å². The van der Waals surface area contributed by atoms with E-state index < -0.39 is 11.6 Å². The highest BCUT2D eigenvalue weighted by Crippen LogP contribution is 2.34. The third-order valence-electron chi connectivity index (χ3n) is 7.49. The molecule has 0 unspecified atom stereocenters. The molecule has 3 aromatic rings. The quantitative estimate of drug-likeness (QED) is 0.264. The van der Waals surface area contributed by atoms with Crippen molar-refractivity contribution < 1.29 is 19.0 Å². The number of rotatable bonds is 14. The van der Waals surface area contributed by atoms with Gasteiger partial charge in [-0.25, -0.2) is 0 Å². The van der Waals surface area contributed by atoms with Gasteiger partial charge in [0.15, 0.2) is 5.82 Å². The highest BCUT2D eigenvalue weighted by atomic mass is 35.5. The van der Waals surface area contributed by atoms with E-state index in [2.05, 4.69) is 15.5 Å². The number of carbonyl (C=O) groups excluding carboxylic acids is 1. The zero-order valence-corrected chi connectivity index (χ0v) is 26.7. The fourth-order valence-electron chi connectivity index (χ4n) is 4.98. The number of benzene rings is 2. The van der Waals surface area contributed by atoms with Crippen LogP contribution < -0.4 is 15.8 Å². The summed E-state index contributed by atoms with van der Waals surface area (Å²) < 4.78 is 19.4. The summed E-state index contributed by atoms with van der Waals surface area (Å²) in [6, 6.07) is 12.8. The number of ether oxygens (including phenoxy) is 3. The zero-order chi connectivity index (χ0) is 31.2. The molecule has 1 aliphatic rings. The molecule has 3 N–H and O–H groups in total. The van der Waals surface area contributed by atoms with Crippen LogP contribution in [0.3, 0.4) is 0 Å². The maximum absolute atomic E-state index is 13.3. The third-order valence-corrected chi connectivity index (χ3v) is 7.74. The van der Waals surface area contributed by atoms with E-state index in [4.69, 9.17) is 36.5 Å². The minimum absolute atomic E-state index is 0.105. The van der Waals surface area contributed by atoms with Gasteiger partial charge in [-0.15, -0.1) is 10.2 Å². The SMILES string of the molecule is COc1ccc2c(c1)C(c1ccc(Cl)cc1)=N[C@@H](CC(=O)NCCC(C)(C)OCCC(C)(C)OCCN)c1nnc(C)n1-2. The summed E-state index contributed by atoms with van der Waals surface area (Å²) in [4.78, 5) is 18.4. The lowest BCUT2D eigenvalue weighted by Gasteiger charge is -2.29. The first-order valence-corrected chi connectivity index (χ1v) is 15.0. The fraction of sp³-hybridized carbons (Fsp3) is 0.500. The van der Waals surface area contributed by atoms with Crippen LogP contribution in [0.1, 0.15) is 75.8 Å². The molecule has 0 radical (unpaired) electrons. The molecule has 2 aromatic carbocycles. The number of nitrogens with one attached hydrogen (secondary N) is 1. The maximum Gasteiger partial charge on any atom is 0.222 e. The number of carbonyl (C=O) groups is 1. The van der Waals surface area contributed by atoms with Gasteiger partial charge in [0.2, 0.25) is 5.91 Å². The first kappa shape index (κ1) is 32.6. The fourth-order valence-corrected chi connectivity index (χ4v) is 5.11. The van der Waals surface area contributed by atoms with Crippen LogP contribution in [0.2, 0.25) is 5.02 Å². The van der Waals surface area contributed by atoms with Gasteiger partial charge in [0, 0.05) is 29.2 Å². The van der Waals surface area contributed by atoms with Gasteiger partial charge in [-0.1, -0.05) is 23.7 Å². The van der Waals surface area contributed by atoms with Crippen LogP contribution in [0.25, 0.3) is 5.69 Å². The van der Waals surface area contributed by atoms with Crippen molar-refractivity contribution >= 4 is 23.2 Å². The normalized spacial score (nSPS) is 14.9. The van der Waals surface area contributed by atoms with Crippen molar-refractivity contribution in [3.05, 3.63) is 70.3 Å². The van der Waals surface area contributed by atoms with E-state index in [9.17, 15) is 4.79 Å². The molecule has 0 saturated heterocycles. The molecule has 4 rings (SSSR count). The van der Waals surface area contributed by atoms with Gasteiger partial charge in [0.1, 0.15) is 17.6 Å². The molecule has 1 amide bonds. The van der Waals surface area contributed by atoms with Gasteiger partial charge in [0.25, 0.3) is 0 Å². The summed E-state index contributed by atoms with van der Waals surface area (Å²) in [5.74, 6) is 1.87.